The van der Waals surface area contributed by atoms with Gasteiger partial charge in [0.25, 0.3) is 5.91 Å². The number of carbonyl (C=O) groups is 1. The van der Waals surface area contributed by atoms with Crippen LogP contribution in [0.2, 0.25) is 0 Å². The second-order valence-corrected chi connectivity index (χ2v) is 7.44. The van der Waals surface area contributed by atoms with E-state index in [0.717, 1.165) is 31.3 Å². The molecular weight excluding hydrogens is 461 g/mol. The highest BCUT2D eigenvalue weighted by Gasteiger charge is 2.13. The van der Waals surface area contributed by atoms with Gasteiger partial charge in [-0.1, -0.05) is 60.7 Å². The number of hydrogen-bond donors (Lipinski definition) is 1. The van der Waals surface area contributed by atoms with Gasteiger partial charge in [0.15, 0.2) is 0 Å². The van der Waals surface area contributed by atoms with Crippen molar-refractivity contribution in [2.45, 2.75) is 0 Å². The van der Waals surface area contributed by atoms with Crippen molar-refractivity contribution >= 4 is 45.6 Å². The molecule has 136 valence electrons. The first-order valence-electron chi connectivity index (χ1n) is 8.75. The topological polar surface area (TPSA) is 54.4 Å². The Kier molecular flexibility index (Phi) is 5.43. The predicted molar refractivity (Wildman–Crippen MR) is 121 cm³/mol. The molecule has 5 heteroatoms. The van der Waals surface area contributed by atoms with Crippen molar-refractivity contribution < 1.29 is 4.79 Å². The van der Waals surface area contributed by atoms with Crippen LogP contribution in [0.3, 0.4) is 0 Å². The van der Waals surface area contributed by atoms with Crippen molar-refractivity contribution in [2.75, 3.05) is 0 Å². The Morgan fingerprint density at radius 1 is 0.929 bits per heavy atom. The average molecular weight is 477 g/mol. The van der Waals surface area contributed by atoms with Crippen LogP contribution in [0.1, 0.15) is 15.9 Å². The third-order valence-electron chi connectivity index (χ3n) is 4.26. The Hall–Kier alpha value is -3.06. The van der Waals surface area contributed by atoms with Crippen LogP contribution in [-0.4, -0.2) is 17.1 Å². The number of amides is 1. The zero-order valence-electron chi connectivity index (χ0n) is 14.8. The number of benzene rings is 3. The van der Waals surface area contributed by atoms with E-state index in [1.165, 1.54) is 0 Å². The zero-order valence-corrected chi connectivity index (χ0v) is 17.0. The lowest BCUT2D eigenvalue weighted by atomic mass is 10.0. The van der Waals surface area contributed by atoms with Crippen LogP contribution in [0.4, 0.5) is 0 Å². The van der Waals surface area contributed by atoms with Crippen LogP contribution < -0.4 is 5.43 Å². The molecule has 1 N–H and O–H groups in total. The normalized spacial score (nSPS) is 11.0. The van der Waals surface area contributed by atoms with Gasteiger partial charge in [0.1, 0.15) is 0 Å². The van der Waals surface area contributed by atoms with E-state index < -0.39 is 0 Å². The van der Waals surface area contributed by atoms with Gasteiger partial charge >= 0.3 is 0 Å². The summed E-state index contributed by atoms with van der Waals surface area (Å²) in [5, 5.41) is 4.92. The highest BCUT2D eigenvalue weighted by atomic mass is 127. The molecular formula is C23H16IN3O. The number of hydrogen-bond acceptors (Lipinski definition) is 3. The minimum atomic E-state index is -0.266. The molecule has 0 fully saturated rings. The minimum absolute atomic E-state index is 0.266. The summed E-state index contributed by atoms with van der Waals surface area (Å²) < 4.78 is 1.11. The fourth-order valence-corrected chi connectivity index (χ4v) is 3.50. The third-order valence-corrected chi connectivity index (χ3v) is 4.93. The molecule has 1 aromatic heterocycles. The highest BCUT2D eigenvalue weighted by molar-refractivity contribution is 14.1. The predicted octanol–water partition coefficient (Wildman–Crippen LogP) is 5.27. The summed E-state index contributed by atoms with van der Waals surface area (Å²) in [6.07, 6.45) is 1.64. The Bertz CT molecular complexity index is 1170. The summed E-state index contributed by atoms with van der Waals surface area (Å²) in [7, 11) is 0. The number of hydrazone groups is 1. The molecule has 0 atom stereocenters. The summed E-state index contributed by atoms with van der Waals surface area (Å²) >= 11 is 2.24. The lowest BCUT2D eigenvalue weighted by Crippen LogP contribution is -2.18. The van der Waals surface area contributed by atoms with E-state index in [4.69, 9.17) is 4.98 Å². The molecule has 0 aliphatic rings. The molecule has 0 spiro atoms. The van der Waals surface area contributed by atoms with Gasteiger partial charge in [0.05, 0.1) is 23.0 Å². The fraction of sp³-hybridized carbons (Fsp3) is 0. The van der Waals surface area contributed by atoms with Gasteiger partial charge in [-0.2, -0.15) is 5.10 Å². The van der Waals surface area contributed by atoms with E-state index in [2.05, 4.69) is 33.1 Å². The minimum Gasteiger partial charge on any atom is -0.267 e. The number of aromatic nitrogens is 1. The smallest absolute Gasteiger partial charge is 0.267 e. The number of rotatable bonds is 4. The summed E-state index contributed by atoms with van der Waals surface area (Å²) in [5.74, 6) is -0.266. The number of para-hydroxylation sites is 1. The average Bonchev–Trinajstić information content (AvgIpc) is 2.73. The largest absolute Gasteiger partial charge is 0.272 e. The summed E-state index contributed by atoms with van der Waals surface area (Å²) in [5.41, 5.74) is 6.60. The van der Waals surface area contributed by atoms with E-state index in [1.807, 2.05) is 84.9 Å². The molecule has 0 saturated heterocycles. The summed E-state index contributed by atoms with van der Waals surface area (Å²) in [6, 6.07) is 27.2. The molecule has 28 heavy (non-hydrogen) atoms. The Labute approximate surface area is 176 Å². The van der Waals surface area contributed by atoms with Crippen LogP contribution in [0, 0.1) is 3.57 Å². The van der Waals surface area contributed by atoms with Gasteiger partial charge in [-0.15, -0.1) is 0 Å². The van der Waals surface area contributed by atoms with E-state index >= 15 is 0 Å². The molecule has 0 unspecified atom stereocenters. The first-order valence-corrected chi connectivity index (χ1v) is 9.83. The lowest BCUT2D eigenvalue weighted by molar-refractivity contribution is 0.0957. The summed E-state index contributed by atoms with van der Waals surface area (Å²) in [6.45, 7) is 0. The molecule has 4 nitrogen and oxygen atoms in total. The molecule has 4 rings (SSSR count). The molecule has 0 bridgehead atoms. The van der Waals surface area contributed by atoms with Crippen molar-refractivity contribution in [1.29, 1.82) is 0 Å². The molecule has 0 aliphatic carbocycles. The lowest BCUT2D eigenvalue weighted by Gasteiger charge is -2.09. The van der Waals surface area contributed by atoms with Crippen molar-refractivity contribution in [3.63, 3.8) is 0 Å². The van der Waals surface area contributed by atoms with Crippen LogP contribution in [0.5, 0.6) is 0 Å². The first kappa shape index (κ1) is 18.3. The fourth-order valence-electron chi connectivity index (χ4n) is 2.93. The van der Waals surface area contributed by atoms with Gasteiger partial charge in [-0.05, 0) is 52.4 Å². The van der Waals surface area contributed by atoms with Crippen LogP contribution in [-0.2, 0) is 0 Å². The maximum absolute atomic E-state index is 12.8. The number of carbonyl (C=O) groups excluding carboxylic acids is 1. The number of fused-ring (bicyclic) bond motifs is 1. The number of nitrogens with zero attached hydrogens (tertiary/aromatic N) is 2. The standard InChI is InChI=1S/C23H16IN3O/c24-18-10-6-7-16(13-18)15-25-27-23(28)20-14-22(17-8-2-1-3-9-17)26-21-12-5-4-11-19(20)21/h1-15H,(H,27,28)/b25-15+. The number of nitrogens with one attached hydrogen (secondary N) is 1. The quantitative estimate of drug-likeness (QED) is 0.247. The highest BCUT2D eigenvalue weighted by Crippen LogP contribution is 2.24. The van der Waals surface area contributed by atoms with E-state index in [0.29, 0.717) is 5.56 Å². The molecule has 1 amide bonds. The zero-order chi connectivity index (χ0) is 19.3. The number of halogens is 1. The van der Waals surface area contributed by atoms with Gasteiger partial charge < -0.3 is 0 Å². The Balaban J connectivity index is 1.67. The maximum atomic E-state index is 12.8. The monoisotopic (exact) mass is 477 g/mol. The van der Waals surface area contributed by atoms with Gasteiger partial charge in [-0.25, -0.2) is 10.4 Å². The molecule has 1 heterocycles. The van der Waals surface area contributed by atoms with Crippen LogP contribution >= 0.6 is 22.6 Å². The second-order valence-electron chi connectivity index (χ2n) is 6.19. The van der Waals surface area contributed by atoms with Crippen LogP contribution in [0.25, 0.3) is 22.2 Å². The van der Waals surface area contributed by atoms with Gasteiger partial charge in [0, 0.05) is 14.5 Å². The molecule has 0 aliphatic heterocycles. The Morgan fingerprint density at radius 2 is 1.71 bits per heavy atom. The van der Waals surface area contributed by atoms with Crippen molar-refractivity contribution in [3.8, 4) is 11.3 Å². The van der Waals surface area contributed by atoms with Gasteiger partial charge in [0.2, 0.25) is 0 Å². The van der Waals surface area contributed by atoms with Crippen molar-refractivity contribution in [2.24, 2.45) is 5.10 Å². The SMILES string of the molecule is O=C(N/N=C/c1cccc(I)c1)c1cc(-c2ccccc2)nc2ccccc12. The van der Waals surface area contributed by atoms with Gasteiger partial charge in [-0.3, -0.25) is 4.79 Å². The number of pyridine rings is 1. The molecule has 0 saturated carbocycles. The third kappa shape index (κ3) is 4.09. The van der Waals surface area contributed by atoms with Crippen molar-refractivity contribution in [3.05, 3.63) is 99.6 Å². The summed E-state index contributed by atoms with van der Waals surface area (Å²) in [4.78, 5) is 17.6. The molecule has 0 radical (unpaired) electrons. The second kappa shape index (κ2) is 8.31. The van der Waals surface area contributed by atoms with Crippen molar-refractivity contribution in [1.82, 2.24) is 10.4 Å². The molecule has 3 aromatic carbocycles. The first-order chi connectivity index (χ1) is 13.7. The maximum Gasteiger partial charge on any atom is 0.272 e. The Morgan fingerprint density at radius 3 is 2.54 bits per heavy atom. The van der Waals surface area contributed by atoms with Crippen LogP contribution in [0.15, 0.2) is 90.0 Å². The van der Waals surface area contributed by atoms with E-state index in [-0.39, 0.29) is 5.91 Å². The van der Waals surface area contributed by atoms with E-state index in [1.54, 1.807) is 6.21 Å². The molecule has 4 aromatic rings. The van der Waals surface area contributed by atoms with E-state index in [9.17, 15) is 4.79 Å².